The number of nitrogens with zero attached hydrogens (tertiary/aromatic N) is 3. The van der Waals surface area contributed by atoms with Crippen molar-refractivity contribution in [3.05, 3.63) is 72.3 Å². The third-order valence-electron chi connectivity index (χ3n) is 11.9. The van der Waals surface area contributed by atoms with Crippen molar-refractivity contribution in [3.8, 4) is 6.07 Å². The largest absolute Gasteiger partial charge is 0.452 e. The van der Waals surface area contributed by atoms with Gasteiger partial charge < -0.3 is 18.6 Å². The Morgan fingerprint density at radius 1 is 0.583 bits per heavy atom. The molecule has 0 bridgehead atoms. The Balaban J connectivity index is 1.12. The molecule has 48 heavy (non-hydrogen) atoms. The maximum atomic E-state index is 10.4. The molecule has 0 aliphatic carbocycles. The molecule has 2 aliphatic heterocycles. The van der Waals surface area contributed by atoms with Crippen molar-refractivity contribution in [2.45, 2.75) is 53.4 Å². The molecule has 2 aromatic heterocycles. The van der Waals surface area contributed by atoms with E-state index in [2.05, 4.69) is 104 Å². The molecule has 5 aromatic carbocycles. The fourth-order valence-electron chi connectivity index (χ4n) is 8.76. The van der Waals surface area contributed by atoms with Gasteiger partial charge in [0.1, 0.15) is 11.2 Å². The van der Waals surface area contributed by atoms with Crippen LogP contribution in [0.1, 0.15) is 58.9 Å². The first-order chi connectivity index (χ1) is 23.3. The number of piperidine rings is 2. The van der Waals surface area contributed by atoms with Crippen LogP contribution >= 0.6 is 0 Å². The Kier molecular flexibility index (Phi) is 6.87. The Labute approximate surface area is 281 Å². The summed E-state index contributed by atoms with van der Waals surface area (Å²) < 4.78 is 13.3. The lowest BCUT2D eigenvalue weighted by Gasteiger charge is -2.35. The molecule has 2 aliphatic rings. The van der Waals surface area contributed by atoms with E-state index in [-0.39, 0.29) is 0 Å². The van der Waals surface area contributed by atoms with Crippen molar-refractivity contribution in [1.82, 2.24) is 0 Å². The second kappa shape index (κ2) is 11.2. The number of rotatable bonds is 4. The van der Waals surface area contributed by atoms with Crippen molar-refractivity contribution < 1.29 is 8.83 Å². The Morgan fingerprint density at radius 2 is 1.08 bits per heavy atom. The van der Waals surface area contributed by atoms with Crippen LogP contribution < -0.4 is 9.80 Å². The third-order valence-corrected chi connectivity index (χ3v) is 11.9. The summed E-state index contributed by atoms with van der Waals surface area (Å²) in [5.74, 6) is 3.13. The van der Waals surface area contributed by atoms with E-state index in [1.165, 1.54) is 47.8 Å². The van der Waals surface area contributed by atoms with E-state index in [0.29, 0.717) is 16.7 Å². The molecule has 7 aromatic rings. The van der Waals surface area contributed by atoms with Crippen molar-refractivity contribution in [2.24, 2.45) is 23.7 Å². The van der Waals surface area contributed by atoms with Gasteiger partial charge in [-0.15, -0.1) is 0 Å². The van der Waals surface area contributed by atoms with Gasteiger partial charge in [0, 0.05) is 59.1 Å². The minimum Gasteiger partial charge on any atom is -0.452 e. The van der Waals surface area contributed by atoms with Gasteiger partial charge in [-0.25, -0.2) is 0 Å². The molecule has 0 N–H and O–H groups in total. The van der Waals surface area contributed by atoms with Gasteiger partial charge in [-0.05, 0) is 125 Å². The van der Waals surface area contributed by atoms with Crippen LogP contribution in [0.2, 0.25) is 0 Å². The summed E-state index contributed by atoms with van der Waals surface area (Å²) in [6, 6.07) is 26.7. The quantitative estimate of drug-likeness (QED) is 0.193. The Hall–Kier alpha value is -4.69. The zero-order valence-electron chi connectivity index (χ0n) is 28.5. The number of furan rings is 2. The number of hydrogen-bond donors (Lipinski definition) is 0. The molecular formula is C43H43N3O2. The van der Waals surface area contributed by atoms with Gasteiger partial charge >= 0.3 is 0 Å². The van der Waals surface area contributed by atoms with E-state index < -0.39 is 0 Å². The molecule has 0 radical (unpaired) electrons. The average Bonchev–Trinajstić information content (AvgIpc) is 3.66. The summed E-state index contributed by atoms with van der Waals surface area (Å²) in [6.45, 7) is 13.8. The molecule has 2 saturated heterocycles. The highest BCUT2D eigenvalue weighted by Gasteiger charge is 2.25. The van der Waals surface area contributed by atoms with E-state index in [0.717, 1.165) is 93.3 Å². The van der Waals surface area contributed by atoms with E-state index in [4.69, 9.17) is 8.83 Å². The van der Waals surface area contributed by atoms with Crippen LogP contribution in [0, 0.1) is 35.0 Å². The summed E-state index contributed by atoms with van der Waals surface area (Å²) >= 11 is 0. The van der Waals surface area contributed by atoms with Crippen molar-refractivity contribution in [2.75, 3.05) is 36.0 Å². The lowest BCUT2D eigenvalue weighted by atomic mass is 9.86. The summed E-state index contributed by atoms with van der Waals surface area (Å²) in [5.41, 5.74) is 6.13. The lowest BCUT2D eigenvalue weighted by molar-refractivity contribution is 0.311. The van der Waals surface area contributed by atoms with Crippen molar-refractivity contribution >= 4 is 76.8 Å². The number of hydrogen-bond acceptors (Lipinski definition) is 5. The normalized spacial score (nSPS) is 17.0. The van der Waals surface area contributed by atoms with Crippen LogP contribution in [0.25, 0.3) is 65.4 Å². The predicted octanol–water partition coefficient (Wildman–Crippen LogP) is 11.4. The molecular weight excluding hydrogens is 590 g/mol. The fraction of sp³-hybridized carbons (Fsp3) is 0.372. The minimum absolute atomic E-state index is 0.614. The molecule has 0 atom stereocenters. The van der Waals surface area contributed by atoms with Crippen molar-refractivity contribution in [3.63, 3.8) is 0 Å². The minimum atomic E-state index is 0.614. The molecule has 5 heteroatoms. The first-order valence-electron chi connectivity index (χ1n) is 18.0. The van der Waals surface area contributed by atoms with Crippen LogP contribution in [0.4, 0.5) is 11.4 Å². The van der Waals surface area contributed by atoms with E-state index in [1.807, 2.05) is 6.07 Å². The van der Waals surface area contributed by atoms with E-state index in [1.54, 1.807) is 0 Å². The van der Waals surface area contributed by atoms with Gasteiger partial charge in [-0.3, -0.25) is 0 Å². The summed E-state index contributed by atoms with van der Waals surface area (Å²) in [5, 5.41) is 18.7. The Morgan fingerprint density at radius 3 is 1.60 bits per heavy atom. The number of nitriles is 1. The third kappa shape index (κ3) is 4.72. The zero-order chi connectivity index (χ0) is 32.7. The highest BCUT2D eigenvalue weighted by Crippen LogP contribution is 2.43. The molecule has 0 spiro atoms. The molecule has 9 rings (SSSR count). The van der Waals surface area contributed by atoms with Crippen LogP contribution in [-0.2, 0) is 0 Å². The van der Waals surface area contributed by atoms with Gasteiger partial charge in [-0.1, -0.05) is 39.8 Å². The molecule has 0 amide bonds. The molecule has 242 valence electrons. The fourth-order valence-corrected chi connectivity index (χ4v) is 8.76. The summed E-state index contributed by atoms with van der Waals surface area (Å²) in [7, 11) is 0. The first-order valence-corrected chi connectivity index (χ1v) is 18.0. The van der Waals surface area contributed by atoms with Gasteiger partial charge in [0.15, 0.2) is 11.2 Å². The van der Waals surface area contributed by atoms with Gasteiger partial charge in [-0.2, -0.15) is 5.26 Å². The lowest BCUT2D eigenvalue weighted by Crippen LogP contribution is -2.35. The highest BCUT2D eigenvalue weighted by atomic mass is 16.4. The number of anilines is 2. The molecule has 5 nitrogen and oxygen atoms in total. The van der Waals surface area contributed by atoms with Crippen LogP contribution in [0.5, 0.6) is 0 Å². The smallest absolute Gasteiger partial charge is 0.179 e. The number of fused-ring (bicyclic) bond motifs is 9. The van der Waals surface area contributed by atoms with Gasteiger partial charge in [0.05, 0.1) is 11.6 Å². The highest BCUT2D eigenvalue weighted by molar-refractivity contribution is 6.23. The summed E-state index contributed by atoms with van der Waals surface area (Å²) in [4.78, 5) is 5.05. The van der Waals surface area contributed by atoms with Gasteiger partial charge in [0.2, 0.25) is 0 Å². The predicted molar refractivity (Wildman–Crippen MR) is 200 cm³/mol. The van der Waals surface area contributed by atoms with Crippen LogP contribution in [0.3, 0.4) is 0 Å². The average molecular weight is 634 g/mol. The second-order valence-electron chi connectivity index (χ2n) is 15.2. The molecule has 2 fully saturated rings. The van der Waals surface area contributed by atoms with Crippen molar-refractivity contribution in [1.29, 1.82) is 5.26 Å². The number of benzene rings is 5. The monoisotopic (exact) mass is 633 g/mol. The van der Waals surface area contributed by atoms with Crippen LogP contribution in [0.15, 0.2) is 75.6 Å². The Bertz CT molecular complexity index is 2410. The second-order valence-corrected chi connectivity index (χ2v) is 15.2. The topological polar surface area (TPSA) is 56.6 Å². The van der Waals surface area contributed by atoms with Crippen LogP contribution in [-0.4, -0.2) is 26.2 Å². The standard InChI is InChI=1S/C43H43N3O2/c1-25(2)27-9-13-45(14-10-27)34-7-5-29-19-36-37-21-33(24-44)41-38-20-30-6-8-35(46-15-11-28(12-16-46)26(3)4)18-32(30)23-40(38)48-43(41)42(37)47-39(36)22-31(29)17-34/h5-8,17-23,25-28H,9-16H2,1-4H3. The van der Waals surface area contributed by atoms with E-state index in [9.17, 15) is 5.26 Å². The molecule has 0 saturated carbocycles. The van der Waals surface area contributed by atoms with Gasteiger partial charge in [0.25, 0.3) is 0 Å². The summed E-state index contributed by atoms with van der Waals surface area (Å²) in [6.07, 6.45) is 5.00. The zero-order valence-corrected chi connectivity index (χ0v) is 28.5. The van der Waals surface area contributed by atoms with E-state index >= 15 is 0 Å². The first kappa shape index (κ1) is 29.4. The molecule has 4 heterocycles. The maximum Gasteiger partial charge on any atom is 0.179 e. The maximum absolute atomic E-state index is 10.4. The molecule has 0 unspecified atom stereocenters. The SMILES string of the molecule is CC(C)C1CCN(c2ccc3cc4c(cc3c2)oc2c4cc(C#N)c3c4cc5ccc(N6CCC(C(C)C)CC6)cc5cc4oc23)CC1.